The van der Waals surface area contributed by atoms with E-state index in [0.29, 0.717) is 0 Å². The van der Waals surface area contributed by atoms with Crippen LogP contribution in [0.5, 0.6) is 0 Å². The Bertz CT molecular complexity index is 330. The minimum Gasteiger partial charge on any atom is -0.326 e. The Hall–Kier alpha value is -1.15. The second-order valence-electron chi connectivity index (χ2n) is 4.11. The molecule has 3 unspecified atom stereocenters. The van der Waals surface area contributed by atoms with Gasteiger partial charge in [0.25, 0.3) is 0 Å². The van der Waals surface area contributed by atoms with Gasteiger partial charge in [0.15, 0.2) is 0 Å². The fraction of sp³-hybridized carbons (Fsp3) is 0.778. The van der Waals surface area contributed by atoms with Gasteiger partial charge in [-0.3, -0.25) is 19.8 Å². The number of nitrogens with two attached hydrogens (primary N) is 1. The molecular weight excluding hydrogens is 239 g/mol. The number of nitrogens with one attached hydrogen (secondary N) is 1. The summed E-state index contributed by atoms with van der Waals surface area (Å²) in [6.45, 7) is 2.02. The molecule has 8 heteroatoms. The summed E-state index contributed by atoms with van der Waals surface area (Å²) >= 11 is 0. The molecular formula is C9H14F3N3O2. The fourth-order valence-electron chi connectivity index (χ4n) is 1.86. The smallest absolute Gasteiger partial charge is 0.326 e. The summed E-state index contributed by atoms with van der Waals surface area (Å²) < 4.78 is 38.5. The van der Waals surface area contributed by atoms with Gasteiger partial charge in [0.2, 0.25) is 11.8 Å². The maximum absolute atomic E-state index is 12.8. The van der Waals surface area contributed by atoms with E-state index in [1.807, 2.05) is 5.32 Å². The Balaban J connectivity index is 3.01. The van der Waals surface area contributed by atoms with E-state index in [1.165, 1.54) is 13.8 Å². The van der Waals surface area contributed by atoms with E-state index in [1.54, 1.807) is 0 Å². The number of carbonyl (C=O) groups excluding carboxylic acids is 2. The lowest BCUT2D eigenvalue weighted by atomic mass is 10.0. The molecule has 5 nitrogen and oxygen atoms in total. The van der Waals surface area contributed by atoms with Crippen molar-refractivity contribution in [1.29, 1.82) is 0 Å². The number of nitrogens with zero attached hydrogens (tertiary/aromatic N) is 1. The highest BCUT2D eigenvalue weighted by atomic mass is 19.4. The predicted octanol–water partition coefficient (Wildman–Crippen LogP) is -0.389. The number of hydrogen-bond acceptors (Lipinski definition) is 4. The van der Waals surface area contributed by atoms with E-state index < -0.39 is 42.7 Å². The molecule has 98 valence electrons. The van der Waals surface area contributed by atoms with Crippen molar-refractivity contribution in [2.75, 3.05) is 6.54 Å². The standard InChI is InChI=1S/C9H14F3N3O2/c1-4(13)7(9(10,11)12)15-3-6(16)14-8(17)5(15)2/h4-5,7H,3,13H2,1-2H3,(H,14,16,17). The molecule has 0 aliphatic carbocycles. The van der Waals surface area contributed by atoms with Gasteiger partial charge >= 0.3 is 6.18 Å². The minimum atomic E-state index is -4.58. The molecule has 1 saturated heterocycles. The van der Waals surface area contributed by atoms with E-state index in [-0.39, 0.29) is 0 Å². The SMILES string of the molecule is CC(N)C(N1CC(=O)NC(=O)C1C)C(F)(F)F. The van der Waals surface area contributed by atoms with Crippen LogP contribution in [0.25, 0.3) is 0 Å². The molecule has 1 rings (SSSR count). The zero-order valence-electron chi connectivity index (χ0n) is 9.41. The molecule has 0 radical (unpaired) electrons. The summed E-state index contributed by atoms with van der Waals surface area (Å²) in [6, 6.07) is -4.27. The number of hydrogen-bond donors (Lipinski definition) is 2. The summed E-state index contributed by atoms with van der Waals surface area (Å²) in [5, 5.41) is 1.98. The van der Waals surface area contributed by atoms with Crippen LogP contribution in [0, 0.1) is 0 Å². The Morgan fingerprint density at radius 2 is 2.00 bits per heavy atom. The first-order valence-corrected chi connectivity index (χ1v) is 5.06. The van der Waals surface area contributed by atoms with Crippen molar-refractivity contribution in [3.05, 3.63) is 0 Å². The average molecular weight is 253 g/mol. The van der Waals surface area contributed by atoms with Gasteiger partial charge in [-0.1, -0.05) is 0 Å². The second kappa shape index (κ2) is 4.61. The van der Waals surface area contributed by atoms with Gasteiger partial charge < -0.3 is 5.73 Å². The minimum absolute atomic E-state index is 0.487. The van der Waals surface area contributed by atoms with Crippen molar-refractivity contribution in [2.45, 2.75) is 38.1 Å². The first kappa shape index (κ1) is 13.9. The number of imide groups is 1. The molecule has 0 aromatic heterocycles. The van der Waals surface area contributed by atoms with Crippen molar-refractivity contribution >= 4 is 11.8 Å². The van der Waals surface area contributed by atoms with Crippen molar-refractivity contribution in [1.82, 2.24) is 10.2 Å². The number of rotatable bonds is 2. The van der Waals surface area contributed by atoms with Crippen LogP contribution in [0.2, 0.25) is 0 Å². The Morgan fingerprint density at radius 1 is 1.47 bits per heavy atom. The Kier molecular flexibility index (Phi) is 3.78. The van der Waals surface area contributed by atoms with E-state index in [9.17, 15) is 22.8 Å². The highest BCUT2D eigenvalue weighted by Gasteiger charge is 2.50. The summed E-state index contributed by atoms with van der Waals surface area (Å²) in [6.07, 6.45) is -4.58. The normalized spacial score (nSPS) is 26.6. The van der Waals surface area contributed by atoms with Crippen LogP contribution in [0.1, 0.15) is 13.8 Å². The van der Waals surface area contributed by atoms with E-state index >= 15 is 0 Å². The lowest BCUT2D eigenvalue weighted by molar-refractivity contribution is -0.196. The number of alkyl halides is 3. The quantitative estimate of drug-likeness (QED) is 0.657. The van der Waals surface area contributed by atoms with Crippen LogP contribution in [0.4, 0.5) is 13.2 Å². The molecule has 1 heterocycles. The molecule has 3 atom stereocenters. The molecule has 0 bridgehead atoms. The average Bonchev–Trinajstić information content (AvgIpc) is 2.10. The molecule has 0 spiro atoms. The monoisotopic (exact) mass is 253 g/mol. The Morgan fingerprint density at radius 3 is 2.41 bits per heavy atom. The molecule has 2 amide bonds. The summed E-state index contributed by atoms with van der Waals surface area (Å²) in [5.41, 5.74) is 5.30. The van der Waals surface area contributed by atoms with Crippen LogP contribution in [0.15, 0.2) is 0 Å². The first-order valence-electron chi connectivity index (χ1n) is 5.06. The molecule has 3 N–H and O–H groups in total. The molecule has 0 aromatic carbocycles. The van der Waals surface area contributed by atoms with Gasteiger partial charge in [-0.2, -0.15) is 13.2 Å². The third-order valence-electron chi connectivity index (χ3n) is 2.66. The van der Waals surface area contributed by atoms with Gasteiger partial charge in [0, 0.05) is 6.04 Å². The third kappa shape index (κ3) is 2.95. The predicted molar refractivity (Wildman–Crippen MR) is 52.8 cm³/mol. The van der Waals surface area contributed by atoms with Crippen LogP contribution in [-0.4, -0.2) is 47.6 Å². The van der Waals surface area contributed by atoms with Gasteiger partial charge in [0.05, 0.1) is 12.6 Å². The molecule has 1 aliphatic heterocycles. The summed E-state index contributed by atoms with van der Waals surface area (Å²) in [5.74, 6) is -1.49. The zero-order valence-corrected chi connectivity index (χ0v) is 9.41. The van der Waals surface area contributed by atoms with E-state index in [0.717, 1.165) is 4.90 Å². The van der Waals surface area contributed by atoms with Crippen LogP contribution in [-0.2, 0) is 9.59 Å². The summed E-state index contributed by atoms with van der Waals surface area (Å²) in [4.78, 5) is 23.2. The van der Waals surface area contributed by atoms with Crippen LogP contribution < -0.4 is 11.1 Å². The lowest BCUT2D eigenvalue weighted by Crippen LogP contribution is -2.66. The van der Waals surface area contributed by atoms with Crippen molar-refractivity contribution in [3.8, 4) is 0 Å². The highest BCUT2D eigenvalue weighted by molar-refractivity contribution is 6.00. The fourth-order valence-corrected chi connectivity index (χ4v) is 1.86. The van der Waals surface area contributed by atoms with Crippen LogP contribution in [0.3, 0.4) is 0 Å². The number of piperazine rings is 1. The maximum atomic E-state index is 12.8. The van der Waals surface area contributed by atoms with E-state index in [4.69, 9.17) is 5.73 Å². The van der Waals surface area contributed by atoms with Crippen molar-refractivity contribution in [2.24, 2.45) is 5.73 Å². The first-order chi connectivity index (χ1) is 7.64. The second-order valence-corrected chi connectivity index (χ2v) is 4.11. The highest BCUT2D eigenvalue weighted by Crippen LogP contribution is 2.28. The number of carbonyl (C=O) groups is 2. The topological polar surface area (TPSA) is 75.4 Å². The molecule has 17 heavy (non-hydrogen) atoms. The Labute approximate surface area is 96.1 Å². The zero-order chi connectivity index (χ0) is 13.4. The molecule has 1 fully saturated rings. The number of amides is 2. The molecule has 0 saturated carbocycles. The van der Waals surface area contributed by atoms with Gasteiger partial charge in [0.1, 0.15) is 6.04 Å². The van der Waals surface area contributed by atoms with Gasteiger partial charge in [-0.25, -0.2) is 0 Å². The van der Waals surface area contributed by atoms with Crippen LogP contribution >= 0.6 is 0 Å². The largest absolute Gasteiger partial charge is 0.405 e. The maximum Gasteiger partial charge on any atom is 0.405 e. The van der Waals surface area contributed by atoms with Gasteiger partial charge in [-0.15, -0.1) is 0 Å². The summed E-state index contributed by atoms with van der Waals surface area (Å²) in [7, 11) is 0. The van der Waals surface area contributed by atoms with Gasteiger partial charge in [-0.05, 0) is 13.8 Å². The third-order valence-corrected chi connectivity index (χ3v) is 2.66. The molecule has 0 aromatic rings. The molecule has 1 aliphatic rings. The lowest BCUT2D eigenvalue weighted by Gasteiger charge is -2.40. The van der Waals surface area contributed by atoms with Crippen molar-refractivity contribution in [3.63, 3.8) is 0 Å². The van der Waals surface area contributed by atoms with Crippen molar-refractivity contribution < 1.29 is 22.8 Å². The van der Waals surface area contributed by atoms with E-state index in [2.05, 4.69) is 0 Å². The number of halogens is 3.